The van der Waals surface area contributed by atoms with Gasteiger partial charge in [0.1, 0.15) is 5.82 Å². The number of hydrogen-bond donors (Lipinski definition) is 1. The number of hydrogen-bond acceptors (Lipinski definition) is 7. The second-order valence-corrected chi connectivity index (χ2v) is 5.26. The summed E-state index contributed by atoms with van der Waals surface area (Å²) in [5, 5.41) is 0. The van der Waals surface area contributed by atoms with Gasteiger partial charge in [0.2, 0.25) is 11.9 Å². The number of aromatic nitrogens is 3. The molecule has 7 nitrogen and oxygen atoms in total. The SMILES string of the molecule is C[C@@H]1CN(Cc2nc(N)nc(N(C)C)n2)C[C@@H](C)O1. The van der Waals surface area contributed by atoms with Gasteiger partial charge in [0.15, 0.2) is 0 Å². The molecular formula is C12H22N6O. The Morgan fingerprint density at radius 2 is 1.84 bits per heavy atom. The Morgan fingerprint density at radius 1 is 1.21 bits per heavy atom. The molecule has 2 N–H and O–H groups in total. The molecule has 0 aromatic carbocycles. The number of ether oxygens (including phenoxy) is 1. The van der Waals surface area contributed by atoms with Gasteiger partial charge in [-0.3, -0.25) is 4.90 Å². The molecule has 1 aromatic rings. The van der Waals surface area contributed by atoms with Crippen LogP contribution in [0.1, 0.15) is 19.7 Å². The van der Waals surface area contributed by atoms with Crippen LogP contribution in [0.3, 0.4) is 0 Å². The summed E-state index contributed by atoms with van der Waals surface area (Å²) in [6.45, 7) is 6.59. The van der Waals surface area contributed by atoms with E-state index in [9.17, 15) is 0 Å². The lowest BCUT2D eigenvalue weighted by molar-refractivity contribution is -0.0710. The molecule has 19 heavy (non-hydrogen) atoms. The van der Waals surface area contributed by atoms with Crippen LogP contribution in [-0.4, -0.2) is 59.2 Å². The molecule has 0 spiro atoms. The maximum Gasteiger partial charge on any atom is 0.229 e. The fourth-order valence-corrected chi connectivity index (χ4v) is 2.31. The van der Waals surface area contributed by atoms with Crippen LogP contribution in [-0.2, 0) is 11.3 Å². The lowest BCUT2D eigenvalue weighted by Crippen LogP contribution is -2.45. The molecule has 0 bridgehead atoms. The van der Waals surface area contributed by atoms with E-state index in [0.717, 1.165) is 13.1 Å². The fourth-order valence-electron chi connectivity index (χ4n) is 2.31. The van der Waals surface area contributed by atoms with Crippen molar-refractivity contribution < 1.29 is 4.74 Å². The summed E-state index contributed by atoms with van der Waals surface area (Å²) in [6.07, 6.45) is 0.465. The van der Waals surface area contributed by atoms with Crippen molar-refractivity contribution in [2.24, 2.45) is 0 Å². The monoisotopic (exact) mass is 266 g/mol. The predicted octanol–water partition coefficient (Wildman–Crippen LogP) is 0.129. The van der Waals surface area contributed by atoms with E-state index >= 15 is 0 Å². The highest BCUT2D eigenvalue weighted by Crippen LogP contribution is 2.14. The zero-order chi connectivity index (χ0) is 14.0. The Morgan fingerprint density at radius 3 is 2.42 bits per heavy atom. The summed E-state index contributed by atoms with van der Waals surface area (Å²) < 4.78 is 5.71. The van der Waals surface area contributed by atoms with E-state index in [1.165, 1.54) is 0 Å². The molecule has 2 heterocycles. The van der Waals surface area contributed by atoms with E-state index in [4.69, 9.17) is 10.5 Å². The van der Waals surface area contributed by atoms with Gasteiger partial charge >= 0.3 is 0 Å². The molecule has 1 aliphatic heterocycles. The van der Waals surface area contributed by atoms with Crippen molar-refractivity contribution in [3.63, 3.8) is 0 Å². The van der Waals surface area contributed by atoms with Gasteiger partial charge < -0.3 is 15.4 Å². The van der Waals surface area contributed by atoms with E-state index in [1.807, 2.05) is 19.0 Å². The van der Waals surface area contributed by atoms with Crippen LogP contribution in [0.5, 0.6) is 0 Å². The second-order valence-electron chi connectivity index (χ2n) is 5.26. The summed E-state index contributed by atoms with van der Waals surface area (Å²) in [6, 6.07) is 0. The minimum atomic E-state index is 0.233. The van der Waals surface area contributed by atoms with E-state index in [1.54, 1.807) is 0 Å². The molecule has 106 valence electrons. The fraction of sp³-hybridized carbons (Fsp3) is 0.750. The third kappa shape index (κ3) is 3.74. The van der Waals surface area contributed by atoms with E-state index in [-0.39, 0.29) is 18.2 Å². The van der Waals surface area contributed by atoms with Gasteiger partial charge in [0.25, 0.3) is 0 Å². The maximum atomic E-state index is 5.72. The first-order valence-corrected chi connectivity index (χ1v) is 6.49. The van der Waals surface area contributed by atoms with Gasteiger partial charge in [0.05, 0.1) is 18.8 Å². The highest BCUT2D eigenvalue weighted by Gasteiger charge is 2.23. The second kappa shape index (κ2) is 5.66. The van der Waals surface area contributed by atoms with E-state index < -0.39 is 0 Å². The standard InChI is InChI=1S/C12H22N6O/c1-8-5-18(6-9(2)19-8)7-10-14-11(13)16-12(15-10)17(3)4/h8-9H,5-7H2,1-4H3,(H2,13,14,15,16)/t8-,9-/m1/s1. The summed E-state index contributed by atoms with van der Waals surface area (Å²) in [5.74, 6) is 1.57. The van der Waals surface area contributed by atoms with Gasteiger partial charge in [-0.1, -0.05) is 0 Å². The lowest BCUT2D eigenvalue weighted by Gasteiger charge is -2.34. The van der Waals surface area contributed by atoms with Crippen molar-refractivity contribution in [2.75, 3.05) is 37.8 Å². The topological polar surface area (TPSA) is 80.4 Å². The van der Waals surface area contributed by atoms with Crippen LogP contribution < -0.4 is 10.6 Å². The Bertz CT molecular complexity index is 428. The Labute approximate surface area is 113 Å². The number of nitrogens with zero attached hydrogens (tertiary/aromatic N) is 5. The van der Waals surface area contributed by atoms with Crippen molar-refractivity contribution in [3.8, 4) is 0 Å². The minimum absolute atomic E-state index is 0.233. The van der Waals surface area contributed by atoms with Crippen LogP contribution >= 0.6 is 0 Å². The lowest BCUT2D eigenvalue weighted by atomic mass is 10.2. The van der Waals surface area contributed by atoms with Crippen LogP contribution in [0.25, 0.3) is 0 Å². The maximum absolute atomic E-state index is 5.72. The first kappa shape index (κ1) is 14.0. The molecule has 1 fully saturated rings. The van der Waals surface area contributed by atoms with Crippen LogP contribution in [0, 0.1) is 0 Å². The van der Waals surface area contributed by atoms with Crippen LogP contribution in [0.2, 0.25) is 0 Å². The van der Waals surface area contributed by atoms with Crippen molar-refractivity contribution >= 4 is 11.9 Å². The third-order valence-electron chi connectivity index (χ3n) is 2.95. The van der Waals surface area contributed by atoms with Crippen molar-refractivity contribution in [1.82, 2.24) is 19.9 Å². The van der Waals surface area contributed by atoms with Crippen molar-refractivity contribution in [3.05, 3.63) is 5.82 Å². The van der Waals surface area contributed by atoms with Gasteiger partial charge in [0, 0.05) is 27.2 Å². The van der Waals surface area contributed by atoms with E-state index in [0.29, 0.717) is 18.3 Å². The summed E-state index contributed by atoms with van der Waals surface area (Å²) in [5.41, 5.74) is 5.72. The first-order valence-electron chi connectivity index (χ1n) is 6.49. The van der Waals surface area contributed by atoms with Gasteiger partial charge in [-0.05, 0) is 13.8 Å². The molecule has 1 aliphatic rings. The Kier molecular flexibility index (Phi) is 4.16. The molecule has 2 rings (SSSR count). The molecular weight excluding hydrogens is 244 g/mol. The number of anilines is 2. The number of rotatable bonds is 3. The number of nitrogen functional groups attached to an aromatic ring is 1. The van der Waals surface area contributed by atoms with Crippen molar-refractivity contribution in [2.45, 2.75) is 32.6 Å². The quantitative estimate of drug-likeness (QED) is 0.832. The molecule has 1 aromatic heterocycles. The zero-order valence-electron chi connectivity index (χ0n) is 12.0. The average molecular weight is 266 g/mol. The Hall–Kier alpha value is -1.47. The number of nitrogens with two attached hydrogens (primary N) is 1. The molecule has 0 saturated carbocycles. The zero-order valence-corrected chi connectivity index (χ0v) is 12.0. The smallest absolute Gasteiger partial charge is 0.229 e. The molecule has 2 atom stereocenters. The largest absolute Gasteiger partial charge is 0.373 e. The van der Waals surface area contributed by atoms with Gasteiger partial charge in [-0.25, -0.2) is 0 Å². The molecule has 0 amide bonds. The highest BCUT2D eigenvalue weighted by atomic mass is 16.5. The minimum Gasteiger partial charge on any atom is -0.373 e. The highest BCUT2D eigenvalue weighted by molar-refractivity contribution is 5.32. The average Bonchev–Trinajstić information content (AvgIpc) is 2.26. The summed E-state index contributed by atoms with van der Waals surface area (Å²) >= 11 is 0. The molecule has 0 aliphatic carbocycles. The normalized spacial score (nSPS) is 24.4. The van der Waals surface area contributed by atoms with Crippen LogP contribution in [0.15, 0.2) is 0 Å². The summed E-state index contributed by atoms with van der Waals surface area (Å²) in [7, 11) is 3.77. The summed E-state index contributed by atoms with van der Waals surface area (Å²) in [4.78, 5) is 16.8. The van der Waals surface area contributed by atoms with Crippen LogP contribution in [0.4, 0.5) is 11.9 Å². The molecule has 0 radical (unpaired) electrons. The van der Waals surface area contributed by atoms with Gasteiger partial charge in [-0.15, -0.1) is 0 Å². The molecule has 7 heteroatoms. The first-order chi connectivity index (χ1) is 8.94. The molecule has 0 unspecified atom stereocenters. The van der Waals surface area contributed by atoms with Gasteiger partial charge in [-0.2, -0.15) is 15.0 Å². The van der Waals surface area contributed by atoms with Crippen molar-refractivity contribution in [1.29, 1.82) is 0 Å². The Balaban J connectivity index is 2.10. The third-order valence-corrected chi connectivity index (χ3v) is 2.95. The molecule has 1 saturated heterocycles. The van der Waals surface area contributed by atoms with E-state index in [2.05, 4.69) is 33.7 Å². The number of morpholine rings is 1. The predicted molar refractivity (Wildman–Crippen MR) is 73.9 cm³/mol.